The van der Waals surface area contributed by atoms with Crippen LogP contribution in [-0.4, -0.2) is 53.8 Å². The number of nitrogens with zero attached hydrogens (tertiary/aromatic N) is 5. The van der Waals surface area contributed by atoms with Crippen LogP contribution in [0.2, 0.25) is 10.0 Å². The van der Waals surface area contributed by atoms with Crippen LogP contribution in [0.5, 0.6) is 0 Å². The van der Waals surface area contributed by atoms with E-state index >= 15 is 0 Å². The SMILES string of the molecule is CN([C@@H]1CCCC12CCN(c1ncc(Sc3cccc(Cl)c3Cl)c3nccn13)CC2)[S@](=O)C(C)(C)C. The molecule has 2 aliphatic rings. The summed E-state index contributed by atoms with van der Waals surface area (Å²) in [6.07, 6.45) is 11.4. The minimum absolute atomic E-state index is 0.222. The number of hydrogen-bond acceptors (Lipinski definition) is 5. The summed E-state index contributed by atoms with van der Waals surface area (Å²) in [6, 6.07) is 6.01. The van der Waals surface area contributed by atoms with Crippen LogP contribution in [0.25, 0.3) is 5.65 Å². The zero-order valence-corrected chi connectivity index (χ0v) is 24.4. The average Bonchev–Trinajstić information content (AvgIpc) is 3.49. The van der Waals surface area contributed by atoms with Crippen LogP contribution < -0.4 is 4.90 Å². The van der Waals surface area contributed by atoms with Gasteiger partial charge in [-0.15, -0.1) is 0 Å². The molecule has 3 heterocycles. The third kappa shape index (κ3) is 4.80. The van der Waals surface area contributed by atoms with E-state index in [-0.39, 0.29) is 10.2 Å². The lowest BCUT2D eigenvalue weighted by atomic mass is 9.74. The van der Waals surface area contributed by atoms with Gasteiger partial charge in [0.25, 0.3) is 0 Å². The number of piperidine rings is 1. The molecule has 2 aromatic heterocycles. The largest absolute Gasteiger partial charge is 0.342 e. The van der Waals surface area contributed by atoms with E-state index in [1.54, 1.807) is 6.07 Å². The number of halogens is 2. The predicted molar refractivity (Wildman–Crippen MR) is 151 cm³/mol. The van der Waals surface area contributed by atoms with Crippen molar-refractivity contribution >= 4 is 57.5 Å². The Labute approximate surface area is 230 Å². The molecule has 1 saturated heterocycles. The summed E-state index contributed by atoms with van der Waals surface area (Å²) in [5, 5.41) is 1.08. The molecule has 194 valence electrons. The van der Waals surface area contributed by atoms with Crippen molar-refractivity contribution in [3.63, 3.8) is 0 Å². The molecule has 3 aromatic rings. The van der Waals surface area contributed by atoms with E-state index < -0.39 is 11.0 Å². The standard InChI is InChI=1S/C26H33Cl2N5OS2/c1-25(2,3)36(34)31(4)21-9-6-10-26(21)11-14-32(15-12-26)24-30-17-20(23-29-13-16-33(23)24)35-19-8-5-7-18(27)22(19)28/h5,7-8,13,16-17,21H,6,9-12,14-15H2,1-4H3/t21-,36-/m1/s1. The van der Waals surface area contributed by atoms with Crippen molar-refractivity contribution < 1.29 is 4.21 Å². The van der Waals surface area contributed by atoms with E-state index in [0.29, 0.717) is 16.1 Å². The van der Waals surface area contributed by atoms with Gasteiger partial charge in [-0.25, -0.2) is 18.5 Å². The highest BCUT2D eigenvalue weighted by atomic mass is 35.5. The summed E-state index contributed by atoms with van der Waals surface area (Å²) in [5.41, 5.74) is 1.08. The first-order valence-corrected chi connectivity index (χ1v) is 15.1. The van der Waals surface area contributed by atoms with Gasteiger partial charge in [-0.1, -0.05) is 47.5 Å². The monoisotopic (exact) mass is 565 g/mol. The molecule has 1 saturated carbocycles. The summed E-state index contributed by atoms with van der Waals surface area (Å²) >= 11 is 14.2. The minimum atomic E-state index is -1.01. The summed E-state index contributed by atoms with van der Waals surface area (Å²) in [5.74, 6) is 0.917. The molecule has 1 spiro atoms. The highest BCUT2D eigenvalue weighted by Crippen LogP contribution is 2.49. The van der Waals surface area contributed by atoms with Crippen molar-refractivity contribution in [2.24, 2.45) is 5.41 Å². The number of fused-ring (bicyclic) bond motifs is 1. The molecule has 0 radical (unpaired) electrons. The lowest BCUT2D eigenvalue weighted by Crippen LogP contribution is -2.52. The van der Waals surface area contributed by atoms with Gasteiger partial charge in [-0.3, -0.25) is 4.40 Å². The highest BCUT2D eigenvalue weighted by Gasteiger charge is 2.48. The molecule has 1 aromatic carbocycles. The first-order chi connectivity index (χ1) is 17.1. The topological polar surface area (TPSA) is 53.7 Å². The zero-order chi connectivity index (χ0) is 25.7. The first kappa shape index (κ1) is 26.3. The van der Waals surface area contributed by atoms with Crippen LogP contribution in [0.1, 0.15) is 52.9 Å². The van der Waals surface area contributed by atoms with E-state index in [2.05, 4.69) is 46.4 Å². The van der Waals surface area contributed by atoms with E-state index in [4.69, 9.17) is 28.2 Å². The molecule has 36 heavy (non-hydrogen) atoms. The van der Waals surface area contributed by atoms with Crippen molar-refractivity contribution in [2.45, 2.75) is 73.5 Å². The fourth-order valence-electron chi connectivity index (χ4n) is 5.84. The number of anilines is 1. The predicted octanol–water partition coefficient (Wildman–Crippen LogP) is 6.72. The molecule has 2 atom stereocenters. The molecule has 0 bridgehead atoms. The van der Waals surface area contributed by atoms with Crippen LogP contribution in [0, 0.1) is 5.41 Å². The maximum Gasteiger partial charge on any atom is 0.211 e. The van der Waals surface area contributed by atoms with Gasteiger partial charge in [-0.05, 0) is 64.0 Å². The summed E-state index contributed by atoms with van der Waals surface area (Å²) in [4.78, 5) is 13.7. The number of imidazole rings is 1. The molecular weight excluding hydrogens is 533 g/mol. The molecule has 0 N–H and O–H groups in total. The number of aromatic nitrogens is 3. The Morgan fingerprint density at radius 1 is 1.14 bits per heavy atom. The van der Waals surface area contributed by atoms with Crippen molar-refractivity contribution in [3.05, 3.63) is 46.8 Å². The number of hydrogen-bond donors (Lipinski definition) is 0. The number of rotatable bonds is 5. The van der Waals surface area contributed by atoms with Crippen LogP contribution in [0.3, 0.4) is 0 Å². The summed E-state index contributed by atoms with van der Waals surface area (Å²) < 4.78 is 17.2. The first-order valence-electron chi connectivity index (χ1n) is 12.4. The van der Waals surface area contributed by atoms with Gasteiger partial charge >= 0.3 is 0 Å². The van der Waals surface area contributed by atoms with Crippen molar-refractivity contribution in [1.29, 1.82) is 0 Å². The Kier molecular flexibility index (Phi) is 7.38. The Morgan fingerprint density at radius 2 is 1.89 bits per heavy atom. The average molecular weight is 567 g/mol. The molecular formula is C26H33Cl2N5OS2. The lowest BCUT2D eigenvalue weighted by molar-refractivity contribution is 0.134. The van der Waals surface area contributed by atoms with Gasteiger partial charge in [0.15, 0.2) is 5.65 Å². The molecule has 5 rings (SSSR count). The highest BCUT2D eigenvalue weighted by molar-refractivity contribution is 7.99. The molecule has 10 heteroatoms. The maximum absolute atomic E-state index is 13.2. The Balaban J connectivity index is 1.35. The lowest BCUT2D eigenvalue weighted by Gasteiger charge is -2.46. The third-order valence-corrected chi connectivity index (χ3v) is 11.5. The zero-order valence-electron chi connectivity index (χ0n) is 21.2. The third-order valence-electron chi connectivity index (χ3n) is 7.64. The number of benzene rings is 1. The summed E-state index contributed by atoms with van der Waals surface area (Å²) in [7, 11) is 1.05. The van der Waals surface area contributed by atoms with Gasteiger partial charge < -0.3 is 4.90 Å². The van der Waals surface area contributed by atoms with E-state index in [0.717, 1.165) is 53.7 Å². The van der Waals surface area contributed by atoms with E-state index in [1.807, 2.05) is 30.7 Å². The Bertz CT molecular complexity index is 1280. The van der Waals surface area contributed by atoms with Gasteiger partial charge in [0.2, 0.25) is 5.95 Å². The molecule has 1 aliphatic carbocycles. The van der Waals surface area contributed by atoms with Crippen LogP contribution in [0.15, 0.2) is 46.6 Å². The molecule has 6 nitrogen and oxygen atoms in total. The smallest absolute Gasteiger partial charge is 0.211 e. The normalized spacial score (nSPS) is 21.1. The molecule has 0 amide bonds. The fourth-order valence-corrected chi connectivity index (χ4v) is 8.67. The maximum atomic E-state index is 13.2. The van der Waals surface area contributed by atoms with Crippen LogP contribution in [0.4, 0.5) is 5.95 Å². The van der Waals surface area contributed by atoms with Gasteiger partial charge in [-0.2, -0.15) is 0 Å². The van der Waals surface area contributed by atoms with E-state index in [1.165, 1.54) is 24.6 Å². The second-order valence-corrected chi connectivity index (χ2v) is 15.0. The molecule has 1 aliphatic heterocycles. The second-order valence-electron chi connectivity index (χ2n) is 10.9. The quantitative estimate of drug-likeness (QED) is 0.343. The van der Waals surface area contributed by atoms with Crippen molar-refractivity contribution in [3.8, 4) is 0 Å². The van der Waals surface area contributed by atoms with Crippen molar-refractivity contribution in [1.82, 2.24) is 18.7 Å². The Hall–Kier alpha value is -1.32. The Morgan fingerprint density at radius 3 is 2.61 bits per heavy atom. The van der Waals surface area contributed by atoms with E-state index in [9.17, 15) is 4.21 Å². The van der Waals surface area contributed by atoms with Crippen molar-refractivity contribution in [2.75, 3.05) is 25.0 Å². The fraction of sp³-hybridized carbons (Fsp3) is 0.538. The molecule has 0 unspecified atom stereocenters. The van der Waals surface area contributed by atoms with Crippen LogP contribution in [-0.2, 0) is 11.0 Å². The van der Waals surface area contributed by atoms with Crippen LogP contribution >= 0.6 is 35.0 Å². The molecule has 2 fully saturated rings. The second kappa shape index (κ2) is 10.1. The van der Waals surface area contributed by atoms with Gasteiger partial charge in [0, 0.05) is 49.7 Å². The summed E-state index contributed by atoms with van der Waals surface area (Å²) in [6.45, 7) is 8.05. The van der Waals surface area contributed by atoms with Gasteiger partial charge in [0.05, 0.1) is 30.7 Å². The van der Waals surface area contributed by atoms with Gasteiger partial charge in [0.1, 0.15) is 0 Å². The minimum Gasteiger partial charge on any atom is -0.342 e.